The molecule has 1 atom stereocenters. The fourth-order valence-electron chi connectivity index (χ4n) is 3.31. The molecule has 1 amide bonds. The van der Waals surface area contributed by atoms with Gasteiger partial charge in [-0.1, -0.05) is 36.4 Å². The van der Waals surface area contributed by atoms with Crippen molar-refractivity contribution in [3.05, 3.63) is 70.8 Å². The van der Waals surface area contributed by atoms with Crippen molar-refractivity contribution in [3.8, 4) is 0 Å². The summed E-state index contributed by atoms with van der Waals surface area (Å²) in [5, 5.41) is 0. The molecule has 0 radical (unpaired) electrons. The molecule has 2 aromatic rings. The molecule has 2 aromatic carbocycles. The molecule has 1 unspecified atom stereocenters. The number of hydrogen-bond acceptors (Lipinski definition) is 2. The Labute approximate surface area is 144 Å². The number of piperazine rings is 1. The summed E-state index contributed by atoms with van der Waals surface area (Å²) in [5.74, 6) is 0.158. The molecular weight excluding hydrogens is 296 g/mol. The van der Waals surface area contributed by atoms with Crippen LogP contribution >= 0.6 is 0 Å². The first-order valence-electron chi connectivity index (χ1n) is 8.72. The molecule has 3 heteroatoms. The van der Waals surface area contributed by atoms with E-state index in [1.807, 2.05) is 23.1 Å². The first-order chi connectivity index (χ1) is 11.6. The molecule has 1 aliphatic heterocycles. The van der Waals surface area contributed by atoms with Crippen LogP contribution in [0, 0.1) is 13.8 Å². The highest BCUT2D eigenvalue weighted by atomic mass is 16.2. The minimum Gasteiger partial charge on any atom is -0.336 e. The summed E-state index contributed by atoms with van der Waals surface area (Å²) in [6.07, 6.45) is 0. The van der Waals surface area contributed by atoms with E-state index in [9.17, 15) is 4.79 Å². The third-order valence-corrected chi connectivity index (χ3v) is 5.19. The van der Waals surface area contributed by atoms with Gasteiger partial charge in [0, 0.05) is 37.8 Å². The number of carbonyl (C=O) groups excluding carboxylic acids is 1. The van der Waals surface area contributed by atoms with Gasteiger partial charge < -0.3 is 4.90 Å². The Bertz CT molecular complexity index is 703. The van der Waals surface area contributed by atoms with Gasteiger partial charge in [-0.3, -0.25) is 9.69 Å². The lowest BCUT2D eigenvalue weighted by atomic mass is 10.0. The lowest BCUT2D eigenvalue weighted by Crippen LogP contribution is -2.49. The zero-order chi connectivity index (χ0) is 17.1. The number of rotatable bonds is 3. The second kappa shape index (κ2) is 7.18. The minimum atomic E-state index is 0.158. The molecule has 1 heterocycles. The lowest BCUT2D eigenvalue weighted by molar-refractivity contribution is 0.0582. The fraction of sp³-hybridized carbons (Fsp3) is 0.381. The Balaban J connectivity index is 1.62. The Morgan fingerprint density at radius 1 is 0.917 bits per heavy atom. The van der Waals surface area contributed by atoms with Crippen molar-refractivity contribution in [3.63, 3.8) is 0 Å². The predicted octanol–water partition coefficient (Wildman–Crippen LogP) is 3.82. The summed E-state index contributed by atoms with van der Waals surface area (Å²) in [6, 6.07) is 17.0. The van der Waals surface area contributed by atoms with Crippen molar-refractivity contribution >= 4 is 5.91 Å². The predicted molar refractivity (Wildman–Crippen MR) is 98.2 cm³/mol. The van der Waals surface area contributed by atoms with Gasteiger partial charge in [-0.25, -0.2) is 0 Å². The SMILES string of the molecule is Cc1ccc(C(=O)N2CCN(C(C)c3ccccc3)CC2)cc1C. The summed E-state index contributed by atoms with van der Waals surface area (Å²) in [4.78, 5) is 17.2. The molecule has 3 rings (SSSR count). The van der Waals surface area contributed by atoms with Gasteiger partial charge in [0.2, 0.25) is 0 Å². The van der Waals surface area contributed by atoms with Gasteiger partial charge in [-0.15, -0.1) is 0 Å². The first-order valence-corrected chi connectivity index (χ1v) is 8.72. The van der Waals surface area contributed by atoms with Crippen molar-refractivity contribution < 1.29 is 4.79 Å². The van der Waals surface area contributed by atoms with Crippen molar-refractivity contribution in [2.24, 2.45) is 0 Å². The summed E-state index contributed by atoms with van der Waals surface area (Å²) in [5.41, 5.74) is 4.55. The summed E-state index contributed by atoms with van der Waals surface area (Å²) in [6.45, 7) is 9.82. The van der Waals surface area contributed by atoms with Crippen LogP contribution in [-0.2, 0) is 0 Å². The topological polar surface area (TPSA) is 23.6 Å². The Kier molecular flexibility index (Phi) is 5.00. The maximum Gasteiger partial charge on any atom is 0.253 e. The van der Waals surface area contributed by atoms with E-state index in [0.29, 0.717) is 6.04 Å². The zero-order valence-electron chi connectivity index (χ0n) is 14.8. The van der Waals surface area contributed by atoms with E-state index < -0.39 is 0 Å². The normalized spacial score (nSPS) is 16.9. The van der Waals surface area contributed by atoms with E-state index in [4.69, 9.17) is 0 Å². The van der Waals surface area contributed by atoms with Crippen molar-refractivity contribution in [2.75, 3.05) is 26.2 Å². The van der Waals surface area contributed by atoms with Crippen LogP contribution in [0.25, 0.3) is 0 Å². The van der Waals surface area contributed by atoms with Gasteiger partial charge in [0.05, 0.1) is 0 Å². The van der Waals surface area contributed by atoms with Crippen LogP contribution in [0.15, 0.2) is 48.5 Å². The number of nitrogens with zero attached hydrogens (tertiary/aromatic N) is 2. The maximum absolute atomic E-state index is 12.7. The van der Waals surface area contributed by atoms with E-state index in [1.165, 1.54) is 16.7 Å². The van der Waals surface area contributed by atoms with Gasteiger partial charge in [0.15, 0.2) is 0 Å². The molecule has 126 valence electrons. The third kappa shape index (κ3) is 3.51. The van der Waals surface area contributed by atoms with Crippen LogP contribution in [0.5, 0.6) is 0 Å². The summed E-state index contributed by atoms with van der Waals surface area (Å²) < 4.78 is 0. The van der Waals surface area contributed by atoms with Gasteiger partial charge >= 0.3 is 0 Å². The summed E-state index contributed by atoms with van der Waals surface area (Å²) in [7, 11) is 0. The van der Waals surface area contributed by atoms with Crippen LogP contribution in [0.1, 0.15) is 40.0 Å². The van der Waals surface area contributed by atoms with Crippen molar-refractivity contribution in [1.82, 2.24) is 9.80 Å². The van der Waals surface area contributed by atoms with Gasteiger partial charge in [-0.2, -0.15) is 0 Å². The Hall–Kier alpha value is -2.13. The molecule has 0 spiro atoms. The number of amides is 1. The third-order valence-electron chi connectivity index (χ3n) is 5.19. The second-order valence-corrected chi connectivity index (χ2v) is 6.71. The molecule has 1 aliphatic rings. The van der Waals surface area contributed by atoms with Gasteiger partial charge in [0.1, 0.15) is 0 Å². The number of aryl methyl sites for hydroxylation is 2. The molecule has 1 fully saturated rings. The molecule has 3 nitrogen and oxygen atoms in total. The molecule has 0 aliphatic carbocycles. The number of benzene rings is 2. The van der Waals surface area contributed by atoms with Crippen LogP contribution in [-0.4, -0.2) is 41.9 Å². The van der Waals surface area contributed by atoms with E-state index in [-0.39, 0.29) is 5.91 Å². The maximum atomic E-state index is 12.7. The highest BCUT2D eigenvalue weighted by Gasteiger charge is 2.25. The average Bonchev–Trinajstić information content (AvgIpc) is 2.63. The second-order valence-electron chi connectivity index (χ2n) is 6.71. The number of hydrogen-bond donors (Lipinski definition) is 0. The fourth-order valence-corrected chi connectivity index (χ4v) is 3.31. The zero-order valence-corrected chi connectivity index (χ0v) is 14.8. The van der Waals surface area contributed by atoms with Crippen LogP contribution in [0.2, 0.25) is 0 Å². The Morgan fingerprint density at radius 2 is 1.58 bits per heavy atom. The largest absolute Gasteiger partial charge is 0.336 e. The summed E-state index contributed by atoms with van der Waals surface area (Å²) >= 11 is 0. The minimum absolute atomic E-state index is 0.158. The van der Waals surface area contributed by atoms with E-state index >= 15 is 0 Å². The molecule has 0 bridgehead atoms. The monoisotopic (exact) mass is 322 g/mol. The van der Waals surface area contributed by atoms with Crippen LogP contribution in [0.3, 0.4) is 0 Å². The molecule has 0 saturated carbocycles. The molecule has 0 N–H and O–H groups in total. The van der Waals surface area contributed by atoms with Crippen molar-refractivity contribution in [2.45, 2.75) is 26.8 Å². The lowest BCUT2D eigenvalue weighted by Gasteiger charge is -2.38. The molecule has 0 aromatic heterocycles. The van der Waals surface area contributed by atoms with Crippen LogP contribution < -0.4 is 0 Å². The van der Waals surface area contributed by atoms with Crippen molar-refractivity contribution in [1.29, 1.82) is 0 Å². The van der Waals surface area contributed by atoms with E-state index in [1.54, 1.807) is 0 Å². The standard InChI is InChI=1S/C21H26N2O/c1-16-9-10-20(15-17(16)2)21(24)23-13-11-22(12-14-23)18(3)19-7-5-4-6-8-19/h4-10,15,18H,11-14H2,1-3H3. The highest BCUT2D eigenvalue weighted by Crippen LogP contribution is 2.22. The van der Waals surface area contributed by atoms with E-state index in [2.05, 4.69) is 56.0 Å². The van der Waals surface area contributed by atoms with E-state index in [0.717, 1.165) is 31.7 Å². The molecular formula is C21H26N2O. The number of carbonyl (C=O) groups is 1. The average molecular weight is 322 g/mol. The molecule has 24 heavy (non-hydrogen) atoms. The van der Waals surface area contributed by atoms with Gasteiger partial charge in [-0.05, 0) is 49.6 Å². The quantitative estimate of drug-likeness (QED) is 0.857. The van der Waals surface area contributed by atoms with Gasteiger partial charge in [0.25, 0.3) is 5.91 Å². The first kappa shape index (κ1) is 16.7. The Morgan fingerprint density at radius 3 is 2.21 bits per heavy atom. The molecule has 1 saturated heterocycles. The van der Waals surface area contributed by atoms with Crippen LogP contribution in [0.4, 0.5) is 0 Å². The smallest absolute Gasteiger partial charge is 0.253 e. The highest BCUT2D eigenvalue weighted by molar-refractivity contribution is 5.94.